The minimum absolute atomic E-state index is 0.260. The lowest BCUT2D eigenvalue weighted by Crippen LogP contribution is -2.08. The number of hydrogen-bond donors (Lipinski definition) is 1. The number of methoxy groups -OCH3 is 1. The molecule has 2 heterocycles. The number of para-hydroxylation sites is 3. The minimum atomic E-state index is -0.260. The van der Waals surface area contributed by atoms with Gasteiger partial charge in [0.15, 0.2) is 0 Å². The molecular weight excluding hydrogens is 376 g/mol. The molecule has 0 fully saturated rings. The van der Waals surface area contributed by atoms with E-state index in [2.05, 4.69) is 10.3 Å². The van der Waals surface area contributed by atoms with Crippen LogP contribution in [-0.4, -0.2) is 27.8 Å². The van der Waals surface area contributed by atoms with E-state index in [0.717, 1.165) is 22.5 Å². The van der Waals surface area contributed by atoms with E-state index in [1.165, 1.54) is 6.08 Å². The Morgan fingerprint density at radius 3 is 2.60 bits per heavy atom. The first-order valence-electron chi connectivity index (χ1n) is 9.42. The lowest BCUT2D eigenvalue weighted by molar-refractivity contribution is -0.111. The van der Waals surface area contributed by atoms with Crippen molar-refractivity contribution in [1.29, 1.82) is 0 Å². The molecule has 0 atom stereocenters. The second-order valence-corrected chi connectivity index (χ2v) is 6.48. The molecule has 4 aromatic rings. The molecule has 0 unspecified atom stereocenters. The average molecular weight is 396 g/mol. The first kappa shape index (κ1) is 19.1. The molecule has 30 heavy (non-hydrogen) atoms. The second kappa shape index (κ2) is 8.87. The van der Waals surface area contributed by atoms with E-state index in [-0.39, 0.29) is 5.91 Å². The fourth-order valence-corrected chi connectivity index (χ4v) is 3.04. The van der Waals surface area contributed by atoms with Gasteiger partial charge in [-0.2, -0.15) is 5.10 Å². The van der Waals surface area contributed by atoms with Crippen molar-refractivity contribution in [3.8, 4) is 22.7 Å². The third kappa shape index (κ3) is 4.28. The Kier molecular flexibility index (Phi) is 5.66. The van der Waals surface area contributed by atoms with Crippen molar-refractivity contribution in [1.82, 2.24) is 14.8 Å². The highest BCUT2D eigenvalue weighted by Gasteiger charge is 2.11. The third-order valence-electron chi connectivity index (χ3n) is 4.48. The van der Waals surface area contributed by atoms with Crippen molar-refractivity contribution in [2.75, 3.05) is 12.4 Å². The van der Waals surface area contributed by atoms with Crippen molar-refractivity contribution in [3.05, 3.63) is 97.0 Å². The standard InChI is InChI=1S/C24H20N4O2/c1-30-22-12-6-5-11-21(22)26-23(29)14-13-19-17-28(20-9-3-2-4-10-20)27-24(19)18-8-7-15-25-16-18/h2-17H,1H3,(H,26,29)/b14-13+. The van der Waals surface area contributed by atoms with Crippen molar-refractivity contribution < 1.29 is 9.53 Å². The molecule has 6 heteroatoms. The highest BCUT2D eigenvalue weighted by molar-refractivity contribution is 6.03. The highest BCUT2D eigenvalue weighted by atomic mass is 16.5. The summed E-state index contributed by atoms with van der Waals surface area (Å²) < 4.78 is 7.07. The zero-order valence-corrected chi connectivity index (χ0v) is 16.4. The molecule has 0 aliphatic heterocycles. The molecule has 0 aliphatic carbocycles. The number of rotatable bonds is 6. The number of ether oxygens (including phenoxy) is 1. The molecule has 0 spiro atoms. The summed E-state index contributed by atoms with van der Waals surface area (Å²) in [5, 5.41) is 7.55. The summed E-state index contributed by atoms with van der Waals surface area (Å²) in [6, 6.07) is 20.9. The Hall–Kier alpha value is -4.19. The highest BCUT2D eigenvalue weighted by Crippen LogP contribution is 2.25. The Morgan fingerprint density at radius 1 is 1.03 bits per heavy atom. The van der Waals surface area contributed by atoms with Crippen molar-refractivity contribution >= 4 is 17.7 Å². The van der Waals surface area contributed by atoms with Crippen LogP contribution in [0.2, 0.25) is 0 Å². The molecule has 0 saturated heterocycles. The van der Waals surface area contributed by atoms with Gasteiger partial charge in [-0.15, -0.1) is 0 Å². The molecule has 0 aliphatic rings. The number of pyridine rings is 1. The number of nitrogens with zero attached hydrogens (tertiary/aromatic N) is 3. The maximum absolute atomic E-state index is 12.5. The Morgan fingerprint density at radius 2 is 1.83 bits per heavy atom. The van der Waals surface area contributed by atoms with Gasteiger partial charge >= 0.3 is 0 Å². The van der Waals surface area contributed by atoms with Gasteiger partial charge in [0.05, 0.1) is 18.5 Å². The van der Waals surface area contributed by atoms with Crippen LogP contribution in [0.1, 0.15) is 5.56 Å². The summed E-state index contributed by atoms with van der Waals surface area (Å²) in [5.41, 5.74) is 3.97. The van der Waals surface area contributed by atoms with E-state index in [0.29, 0.717) is 11.4 Å². The fraction of sp³-hybridized carbons (Fsp3) is 0.0417. The monoisotopic (exact) mass is 396 g/mol. The van der Waals surface area contributed by atoms with E-state index in [4.69, 9.17) is 9.84 Å². The molecule has 0 radical (unpaired) electrons. The summed E-state index contributed by atoms with van der Waals surface area (Å²) >= 11 is 0. The predicted molar refractivity (Wildman–Crippen MR) is 117 cm³/mol. The van der Waals surface area contributed by atoms with E-state index in [1.807, 2.05) is 60.8 Å². The smallest absolute Gasteiger partial charge is 0.248 e. The Bertz CT molecular complexity index is 1170. The van der Waals surface area contributed by atoms with Crippen LogP contribution in [0.4, 0.5) is 5.69 Å². The van der Waals surface area contributed by atoms with E-state index in [9.17, 15) is 4.79 Å². The fourth-order valence-electron chi connectivity index (χ4n) is 3.04. The van der Waals surface area contributed by atoms with Crippen LogP contribution in [0.25, 0.3) is 23.0 Å². The van der Waals surface area contributed by atoms with Gasteiger partial charge in [0.2, 0.25) is 5.91 Å². The van der Waals surface area contributed by atoms with Gasteiger partial charge in [0, 0.05) is 35.8 Å². The number of aromatic nitrogens is 3. The molecule has 148 valence electrons. The number of carbonyl (C=O) groups excluding carboxylic acids is 1. The van der Waals surface area contributed by atoms with Crippen LogP contribution in [0.3, 0.4) is 0 Å². The van der Waals surface area contributed by atoms with Crippen LogP contribution in [0, 0.1) is 0 Å². The van der Waals surface area contributed by atoms with Crippen molar-refractivity contribution in [3.63, 3.8) is 0 Å². The predicted octanol–water partition coefficient (Wildman–Crippen LogP) is 4.59. The van der Waals surface area contributed by atoms with Gasteiger partial charge in [0.1, 0.15) is 11.4 Å². The maximum Gasteiger partial charge on any atom is 0.248 e. The molecule has 2 aromatic carbocycles. The lowest BCUT2D eigenvalue weighted by Gasteiger charge is -2.07. The number of nitrogens with one attached hydrogen (secondary N) is 1. The molecule has 0 saturated carbocycles. The number of hydrogen-bond acceptors (Lipinski definition) is 4. The molecule has 2 aromatic heterocycles. The van der Waals surface area contributed by atoms with Gasteiger partial charge < -0.3 is 10.1 Å². The summed E-state index contributed by atoms with van der Waals surface area (Å²) in [6.07, 6.45) is 8.60. The number of amides is 1. The van der Waals surface area contributed by atoms with Crippen LogP contribution in [0.15, 0.2) is 91.4 Å². The molecule has 6 nitrogen and oxygen atoms in total. The summed E-state index contributed by atoms with van der Waals surface area (Å²) in [4.78, 5) is 16.7. The molecule has 4 rings (SSSR count). The zero-order valence-electron chi connectivity index (χ0n) is 16.4. The van der Waals surface area contributed by atoms with E-state index >= 15 is 0 Å². The van der Waals surface area contributed by atoms with Crippen LogP contribution >= 0.6 is 0 Å². The molecule has 1 N–H and O–H groups in total. The van der Waals surface area contributed by atoms with Gasteiger partial charge in [-0.1, -0.05) is 30.3 Å². The minimum Gasteiger partial charge on any atom is -0.495 e. The quantitative estimate of drug-likeness (QED) is 0.484. The van der Waals surface area contributed by atoms with Gasteiger partial charge in [-0.05, 0) is 42.5 Å². The molecule has 1 amide bonds. The van der Waals surface area contributed by atoms with E-state index < -0.39 is 0 Å². The van der Waals surface area contributed by atoms with Crippen molar-refractivity contribution in [2.45, 2.75) is 0 Å². The second-order valence-electron chi connectivity index (χ2n) is 6.48. The summed E-state index contributed by atoms with van der Waals surface area (Å²) in [5.74, 6) is 0.344. The molecular formula is C24H20N4O2. The largest absolute Gasteiger partial charge is 0.495 e. The number of anilines is 1. The van der Waals surface area contributed by atoms with Crippen molar-refractivity contribution in [2.24, 2.45) is 0 Å². The summed E-state index contributed by atoms with van der Waals surface area (Å²) in [6.45, 7) is 0. The van der Waals surface area contributed by atoms with Crippen LogP contribution in [0.5, 0.6) is 5.75 Å². The molecule has 0 bridgehead atoms. The third-order valence-corrected chi connectivity index (χ3v) is 4.48. The normalized spacial score (nSPS) is 10.8. The van der Waals surface area contributed by atoms with Gasteiger partial charge in [-0.25, -0.2) is 4.68 Å². The first-order chi connectivity index (χ1) is 14.7. The Labute approximate surface area is 174 Å². The number of carbonyl (C=O) groups is 1. The van der Waals surface area contributed by atoms with Gasteiger partial charge in [-0.3, -0.25) is 9.78 Å². The summed E-state index contributed by atoms with van der Waals surface area (Å²) in [7, 11) is 1.57. The maximum atomic E-state index is 12.5. The average Bonchev–Trinajstić information content (AvgIpc) is 3.24. The van der Waals surface area contributed by atoms with Crippen LogP contribution in [-0.2, 0) is 4.79 Å². The zero-order chi connectivity index (χ0) is 20.8. The topological polar surface area (TPSA) is 69.0 Å². The van der Waals surface area contributed by atoms with Crippen LogP contribution < -0.4 is 10.1 Å². The first-order valence-corrected chi connectivity index (χ1v) is 9.42. The van der Waals surface area contributed by atoms with Gasteiger partial charge in [0.25, 0.3) is 0 Å². The SMILES string of the molecule is COc1ccccc1NC(=O)/C=C/c1cn(-c2ccccc2)nc1-c1cccnc1. The van der Waals surface area contributed by atoms with E-state index in [1.54, 1.807) is 42.4 Å². The Balaban J connectivity index is 1.64. The number of benzene rings is 2. The lowest BCUT2D eigenvalue weighted by atomic mass is 10.1.